The van der Waals surface area contributed by atoms with Crippen LogP contribution in [-0.4, -0.2) is 11.2 Å². The first-order valence-corrected chi connectivity index (χ1v) is 5.36. The van der Waals surface area contributed by atoms with Gasteiger partial charge < -0.3 is 0 Å². The fourth-order valence-corrected chi connectivity index (χ4v) is 1.58. The molecule has 16 heavy (non-hydrogen) atoms. The van der Waals surface area contributed by atoms with Gasteiger partial charge in [-0.05, 0) is 23.0 Å². The summed E-state index contributed by atoms with van der Waals surface area (Å²) >= 11 is 0. The molecule has 0 unspecified atom stereocenters. The van der Waals surface area contributed by atoms with Gasteiger partial charge in [0.1, 0.15) is 0 Å². The quantitative estimate of drug-likeness (QED) is 0.630. The number of carbonyl (C=O) groups is 1. The molecule has 1 rings (SSSR count). The largest absolute Gasteiger partial charge is 0.373 e. The van der Waals surface area contributed by atoms with Crippen LogP contribution in [0.1, 0.15) is 43.6 Å². The Morgan fingerprint density at radius 3 is 2.38 bits per heavy atom. The third kappa shape index (κ3) is 2.25. The fraction of sp³-hybridized carbons (Fsp3) is 0.462. The normalized spacial score (nSPS) is 11.6. The summed E-state index contributed by atoms with van der Waals surface area (Å²) in [6.45, 7) is 8.34. The summed E-state index contributed by atoms with van der Waals surface area (Å²) < 4.78 is 0. The van der Waals surface area contributed by atoms with Crippen LogP contribution in [0.25, 0.3) is 0 Å². The van der Waals surface area contributed by atoms with Gasteiger partial charge in [-0.2, -0.15) is 5.26 Å². The molecule has 0 saturated heterocycles. The molecule has 0 aliphatic rings. The van der Waals surface area contributed by atoms with Gasteiger partial charge in [0.05, 0.1) is 5.56 Å². The lowest BCUT2D eigenvalue weighted by molar-refractivity contribution is -0.183. The van der Waals surface area contributed by atoms with Gasteiger partial charge in [-0.1, -0.05) is 45.9 Å². The average molecular weight is 222 g/mol. The van der Waals surface area contributed by atoms with E-state index in [1.54, 1.807) is 12.1 Å². The Labute approximate surface area is 96.0 Å². The summed E-state index contributed by atoms with van der Waals surface area (Å²) in [6, 6.07) is 7.20. The maximum absolute atomic E-state index is 11.4. The second-order valence-electron chi connectivity index (χ2n) is 4.80. The summed E-state index contributed by atoms with van der Waals surface area (Å²) in [6.07, 6.45) is 0. The Morgan fingerprint density at radius 2 is 1.88 bits per heavy atom. The third-order valence-electron chi connectivity index (χ3n) is 3.37. The van der Waals surface area contributed by atoms with Gasteiger partial charge >= 0.3 is 5.97 Å². The van der Waals surface area contributed by atoms with Crippen molar-refractivity contribution in [2.75, 3.05) is 0 Å². The Kier molecular flexibility index (Phi) is 3.70. The van der Waals surface area contributed by atoms with Gasteiger partial charge in [-0.3, -0.25) is 4.89 Å². The molecule has 0 aromatic heterocycles. The average Bonchev–Trinajstić information content (AvgIpc) is 2.27. The fourth-order valence-electron chi connectivity index (χ4n) is 1.58. The highest BCUT2D eigenvalue weighted by Gasteiger charge is 2.29. The first kappa shape index (κ1) is 12.7. The summed E-state index contributed by atoms with van der Waals surface area (Å²) in [5.41, 5.74) is 1.16. The first-order valence-electron chi connectivity index (χ1n) is 5.36. The predicted octanol–water partition coefficient (Wildman–Crippen LogP) is 3.25. The van der Waals surface area contributed by atoms with E-state index < -0.39 is 5.97 Å². The van der Waals surface area contributed by atoms with Crippen LogP contribution in [0.5, 0.6) is 0 Å². The van der Waals surface area contributed by atoms with Crippen molar-refractivity contribution in [2.45, 2.75) is 33.1 Å². The van der Waals surface area contributed by atoms with Crippen LogP contribution in [0.3, 0.4) is 0 Å². The van der Waals surface area contributed by atoms with Crippen LogP contribution in [-0.2, 0) is 10.3 Å². The molecule has 3 heteroatoms. The second kappa shape index (κ2) is 4.66. The summed E-state index contributed by atoms with van der Waals surface area (Å²) in [5, 5.41) is 8.47. The van der Waals surface area contributed by atoms with E-state index in [-0.39, 0.29) is 5.41 Å². The van der Waals surface area contributed by atoms with E-state index in [4.69, 9.17) is 5.26 Å². The number of benzene rings is 1. The third-order valence-corrected chi connectivity index (χ3v) is 3.37. The van der Waals surface area contributed by atoms with Crippen LogP contribution < -0.4 is 0 Å². The van der Waals surface area contributed by atoms with Crippen LogP contribution in [0, 0.1) is 5.92 Å². The van der Waals surface area contributed by atoms with Crippen LogP contribution >= 0.6 is 0 Å². The molecular weight excluding hydrogens is 204 g/mol. The van der Waals surface area contributed by atoms with E-state index in [0.717, 1.165) is 5.56 Å². The minimum absolute atomic E-state index is 0.148. The SMILES string of the molecule is CC(C)C(C)(C)c1ccccc1C(=O)OO. The Morgan fingerprint density at radius 1 is 1.31 bits per heavy atom. The molecular formula is C13H18O3. The molecule has 0 aliphatic carbocycles. The molecule has 1 aromatic rings. The molecule has 0 atom stereocenters. The molecule has 0 aliphatic heterocycles. The summed E-state index contributed by atoms with van der Waals surface area (Å²) in [4.78, 5) is 15.2. The Bertz CT molecular complexity index is 381. The highest BCUT2D eigenvalue weighted by Crippen LogP contribution is 2.33. The molecule has 88 valence electrons. The van der Waals surface area contributed by atoms with Gasteiger partial charge in [-0.25, -0.2) is 4.79 Å². The van der Waals surface area contributed by atoms with E-state index in [2.05, 4.69) is 32.6 Å². The first-order chi connectivity index (χ1) is 7.41. The molecule has 0 saturated carbocycles. The lowest BCUT2D eigenvalue weighted by Crippen LogP contribution is -2.27. The maximum atomic E-state index is 11.4. The van der Waals surface area contributed by atoms with Crippen LogP contribution in [0.15, 0.2) is 24.3 Å². The monoisotopic (exact) mass is 222 g/mol. The number of hydrogen-bond donors (Lipinski definition) is 1. The second-order valence-corrected chi connectivity index (χ2v) is 4.80. The van der Waals surface area contributed by atoms with E-state index in [0.29, 0.717) is 11.5 Å². The molecule has 3 nitrogen and oxygen atoms in total. The molecule has 0 amide bonds. The highest BCUT2D eigenvalue weighted by atomic mass is 17.1. The smallest absolute Gasteiger partial charge is 0.295 e. The maximum Gasteiger partial charge on any atom is 0.373 e. The number of rotatable bonds is 3. The zero-order valence-electron chi connectivity index (χ0n) is 10.2. The van der Waals surface area contributed by atoms with Gasteiger partial charge in [0, 0.05) is 0 Å². The number of hydrogen-bond acceptors (Lipinski definition) is 3. The minimum Gasteiger partial charge on any atom is -0.295 e. The molecule has 0 fully saturated rings. The highest BCUT2D eigenvalue weighted by molar-refractivity contribution is 5.91. The Balaban J connectivity index is 3.28. The van der Waals surface area contributed by atoms with Crippen molar-refractivity contribution in [3.63, 3.8) is 0 Å². The molecule has 1 aromatic carbocycles. The zero-order valence-corrected chi connectivity index (χ0v) is 10.2. The van der Waals surface area contributed by atoms with Crippen molar-refractivity contribution in [1.29, 1.82) is 0 Å². The van der Waals surface area contributed by atoms with Crippen molar-refractivity contribution < 1.29 is 14.9 Å². The molecule has 0 radical (unpaired) electrons. The standard InChI is InChI=1S/C13H18O3/c1-9(2)13(3,4)11-8-6-5-7-10(11)12(14)16-15/h5-9,15H,1-4H3. The summed E-state index contributed by atoms with van der Waals surface area (Å²) in [5.74, 6) is -0.329. The van der Waals surface area contributed by atoms with E-state index in [1.165, 1.54) is 0 Å². The minimum atomic E-state index is -0.704. The zero-order chi connectivity index (χ0) is 12.3. The van der Waals surface area contributed by atoms with Crippen LogP contribution in [0.2, 0.25) is 0 Å². The van der Waals surface area contributed by atoms with Crippen molar-refractivity contribution >= 4 is 5.97 Å². The lowest BCUT2D eigenvalue weighted by atomic mass is 9.73. The molecule has 0 bridgehead atoms. The topological polar surface area (TPSA) is 46.5 Å². The van der Waals surface area contributed by atoms with Crippen molar-refractivity contribution in [3.8, 4) is 0 Å². The van der Waals surface area contributed by atoms with E-state index >= 15 is 0 Å². The molecule has 0 heterocycles. The van der Waals surface area contributed by atoms with E-state index in [1.807, 2.05) is 12.1 Å². The predicted molar refractivity (Wildman–Crippen MR) is 62.4 cm³/mol. The van der Waals surface area contributed by atoms with Gasteiger partial charge in [-0.15, -0.1) is 0 Å². The molecule has 0 spiro atoms. The van der Waals surface area contributed by atoms with E-state index in [9.17, 15) is 4.79 Å². The van der Waals surface area contributed by atoms with Crippen molar-refractivity contribution in [2.24, 2.45) is 5.92 Å². The van der Waals surface area contributed by atoms with Crippen LogP contribution in [0.4, 0.5) is 0 Å². The Hall–Kier alpha value is -1.35. The lowest BCUT2D eigenvalue weighted by Gasteiger charge is -2.31. The van der Waals surface area contributed by atoms with Crippen molar-refractivity contribution in [1.82, 2.24) is 0 Å². The van der Waals surface area contributed by atoms with Gasteiger partial charge in [0.15, 0.2) is 0 Å². The molecule has 1 N–H and O–H groups in total. The summed E-state index contributed by atoms with van der Waals surface area (Å²) in [7, 11) is 0. The number of carbonyl (C=O) groups excluding carboxylic acids is 1. The van der Waals surface area contributed by atoms with Gasteiger partial charge in [0.2, 0.25) is 0 Å². The van der Waals surface area contributed by atoms with Gasteiger partial charge in [0.25, 0.3) is 0 Å². The van der Waals surface area contributed by atoms with Crippen molar-refractivity contribution in [3.05, 3.63) is 35.4 Å².